The van der Waals surface area contributed by atoms with Crippen molar-refractivity contribution in [1.29, 1.82) is 0 Å². The molecular weight excluding hydrogens is 500 g/mol. The third-order valence-corrected chi connectivity index (χ3v) is 5.01. The molecule has 0 fully saturated rings. The van der Waals surface area contributed by atoms with Crippen molar-refractivity contribution < 1.29 is 38.0 Å². The number of hydrogen-bond acceptors (Lipinski definition) is 8. The Bertz CT molecular complexity index is 1100. The fraction of sp³-hybridized carbons (Fsp3) is 0.286. The van der Waals surface area contributed by atoms with Gasteiger partial charge in [0.2, 0.25) is 0 Å². The lowest BCUT2D eigenvalue weighted by molar-refractivity contribution is -0.148. The zero-order valence-corrected chi connectivity index (χ0v) is 21.3. The molecule has 2 aromatic carbocycles. The molecule has 0 saturated carbocycles. The highest BCUT2D eigenvalue weighted by atomic mass is 35.5. The van der Waals surface area contributed by atoms with Gasteiger partial charge in [-0.25, -0.2) is 9.59 Å². The fourth-order valence-corrected chi connectivity index (χ4v) is 3.39. The molecule has 0 aromatic heterocycles. The molecule has 0 heterocycles. The summed E-state index contributed by atoms with van der Waals surface area (Å²) in [6.07, 6.45) is 3.93. The number of hydrogen-bond donors (Lipinski definition) is 0. The van der Waals surface area contributed by atoms with Crippen molar-refractivity contribution in [2.24, 2.45) is 0 Å². The Hall–Kier alpha value is -3.59. The Balaban J connectivity index is 2.22. The maximum absolute atomic E-state index is 11.7. The van der Waals surface area contributed by atoms with Gasteiger partial charge in [-0.2, -0.15) is 0 Å². The van der Waals surface area contributed by atoms with Crippen molar-refractivity contribution in [3.63, 3.8) is 0 Å². The van der Waals surface area contributed by atoms with Gasteiger partial charge in [0.1, 0.15) is 24.7 Å². The number of carbonyl (C=O) groups is 2. The van der Waals surface area contributed by atoms with Gasteiger partial charge in [-0.3, -0.25) is 0 Å². The van der Waals surface area contributed by atoms with E-state index in [2.05, 4.69) is 26.3 Å². The molecule has 0 aliphatic heterocycles. The molecule has 0 N–H and O–H groups in total. The van der Waals surface area contributed by atoms with Crippen molar-refractivity contribution in [1.82, 2.24) is 0 Å². The minimum atomic E-state index is -0.702. The second-order valence-corrected chi connectivity index (χ2v) is 7.94. The molecule has 0 aliphatic rings. The molecule has 0 saturated heterocycles. The summed E-state index contributed by atoms with van der Waals surface area (Å²) >= 11 is 6.57. The number of carbonyl (C=O) groups excluding carboxylic acids is 2. The number of benzene rings is 2. The zero-order valence-electron chi connectivity index (χ0n) is 20.6. The van der Waals surface area contributed by atoms with Gasteiger partial charge in [0.05, 0.1) is 31.5 Å². The summed E-state index contributed by atoms with van der Waals surface area (Å²) in [6, 6.07) is 8.94. The molecule has 2 unspecified atom stereocenters. The number of rotatable bonds is 18. The molecule has 0 aliphatic carbocycles. The minimum Gasteiger partial charge on any atom is -0.489 e. The molecule has 2 atom stereocenters. The van der Waals surface area contributed by atoms with Gasteiger partial charge >= 0.3 is 11.9 Å². The molecule has 0 radical (unpaired) electrons. The summed E-state index contributed by atoms with van der Waals surface area (Å²) < 4.78 is 33.4. The van der Waals surface area contributed by atoms with E-state index < -0.39 is 24.1 Å². The number of esters is 2. The maximum Gasteiger partial charge on any atom is 0.330 e. The quantitative estimate of drug-likeness (QED) is 0.117. The molecule has 0 amide bonds. The van der Waals surface area contributed by atoms with Crippen LogP contribution in [0.25, 0.3) is 10.8 Å². The summed E-state index contributed by atoms with van der Waals surface area (Å²) in [5, 5.41) is 1.66. The van der Waals surface area contributed by atoms with Gasteiger partial charge < -0.3 is 28.4 Å². The van der Waals surface area contributed by atoms with Gasteiger partial charge in [0, 0.05) is 29.0 Å². The largest absolute Gasteiger partial charge is 0.489 e. The van der Waals surface area contributed by atoms with E-state index in [9.17, 15) is 9.59 Å². The minimum absolute atomic E-state index is 0.0114. The van der Waals surface area contributed by atoms with Gasteiger partial charge in [0.25, 0.3) is 0 Å². The summed E-state index contributed by atoms with van der Waals surface area (Å²) in [7, 11) is 0. The summed E-state index contributed by atoms with van der Waals surface area (Å²) in [4.78, 5) is 23.4. The smallest absolute Gasteiger partial charge is 0.330 e. The predicted octanol–water partition coefficient (Wildman–Crippen LogP) is 4.85. The van der Waals surface area contributed by atoms with Crippen molar-refractivity contribution in [3.8, 4) is 11.5 Å². The first-order chi connectivity index (χ1) is 17.9. The van der Waals surface area contributed by atoms with Crippen LogP contribution in [0.15, 0.2) is 81.0 Å². The predicted molar refractivity (Wildman–Crippen MR) is 142 cm³/mol. The van der Waals surface area contributed by atoms with Gasteiger partial charge in [-0.1, -0.05) is 61.2 Å². The Kier molecular flexibility index (Phi) is 13.0. The third-order valence-electron chi connectivity index (χ3n) is 4.73. The molecular formula is C28H31ClO8. The first kappa shape index (κ1) is 29.6. The number of ether oxygens (including phenoxy) is 6. The van der Waals surface area contributed by atoms with Crippen LogP contribution < -0.4 is 9.47 Å². The monoisotopic (exact) mass is 530 g/mol. The molecule has 8 nitrogen and oxygen atoms in total. The van der Waals surface area contributed by atoms with Crippen molar-refractivity contribution in [3.05, 3.63) is 86.0 Å². The van der Waals surface area contributed by atoms with E-state index in [4.69, 9.17) is 40.0 Å². The van der Waals surface area contributed by atoms with Crippen LogP contribution in [-0.2, 0) is 28.5 Å². The Labute approximate surface area is 221 Å². The average Bonchev–Trinajstić information content (AvgIpc) is 2.90. The number of fused-ring (bicyclic) bond motifs is 1. The third kappa shape index (κ3) is 9.76. The zero-order chi connectivity index (χ0) is 27.0. The molecule has 9 heteroatoms. The van der Waals surface area contributed by atoms with Crippen LogP contribution >= 0.6 is 11.6 Å². The highest BCUT2D eigenvalue weighted by molar-refractivity contribution is 6.33. The van der Waals surface area contributed by atoms with Crippen molar-refractivity contribution in [2.75, 3.05) is 39.6 Å². The van der Waals surface area contributed by atoms with E-state index in [1.54, 1.807) is 18.2 Å². The summed E-state index contributed by atoms with van der Waals surface area (Å²) in [6.45, 7) is 14.8. The summed E-state index contributed by atoms with van der Waals surface area (Å²) in [5.41, 5.74) is 0. The van der Waals surface area contributed by atoms with Gasteiger partial charge in [0.15, 0.2) is 12.2 Å². The molecule has 0 spiro atoms. The second-order valence-electron chi connectivity index (χ2n) is 7.53. The van der Waals surface area contributed by atoms with Crippen LogP contribution in [0.1, 0.15) is 0 Å². The SMILES string of the molecule is C=CCOCC(COc1cc(Cl)c(OCC(COCC=C)OC(=O)C=C)c2ccccc12)OC(=O)C=C. The second kappa shape index (κ2) is 16.2. The molecule has 198 valence electrons. The Morgan fingerprint density at radius 1 is 0.784 bits per heavy atom. The Morgan fingerprint density at radius 2 is 1.30 bits per heavy atom. The van der Waals surface area contributed by atoms with Gasteiger partial charge in [-0.15, -0.1) is 13.2 Å². The number of halogens is 1. The normalized spacial score (nSPS) is 12.1. The van der Waals surface area contributed by atoms with Crippen LogP contribution in [0.3, 0.4) is 0 Å². The van der Waals surface area contributed by atoms with Crippen LogP contribution in [0, 0.1) is 0 Å². The van der Waals surface area contributed by atoms with Crippen LogP contribution in [0.5, 0.6) is 11.5 Å². The van der Waals surface area contributed by atoms with Crippen LogP contribution in [-0.4, -0.2) is 63.8 Å². The van der Waals surface area contributed by atoms with Crippen LogP contribution in [0.4, 0.5) is 0 Å². The van der Waals surface area contributed by atoms with E-state index in [1.807, 2.05) is 24.3 Å². The van der Waals surface area contributed by atoms with E-state index in [1.165, 1.54) is 0 Å². The van der Waals surface area contributed by atoms with E-state index in [0.29, 0.717) is 35.5 Å². The highest BCUT2D eigenvalue weighted by Gasteiger charge is 2.20. The average molecular weight is 531 g/mol. The van der Waals surface area contributed by atoms with E-state index in [-0.39, 0.29) is 31.5 Å². The van der Waals surface area contributed by atoms with Crippen molar-refractivity contribution >= 4 is 34.3 Å². The first-order valence-electron chi connectivity index (χ1n) is 11.4. The molecule has 37 heavy (non-hydrogen) atoms. The summed E-state index contributed by atoms with van der Waals surface area (Å²) in [5.74, 6) is -0.345. The first-order valence-corrected chi connectivity index (χ1v) is 11.8. The molecule has 2 aromatic rings. The van der Waals surface area contributed by atoms with E-state index >= 15 is 0 Å². The fourth-order valence-electron chi connectivity index (χ4n) is 3.13. The van der Waals surface area contributed by atoms with Crippen molar-refractivity contribution in [2.45, 2.75) is 12.2 Å². The molecule has 0 bridgehead atoms. The van der Waals surface area contributed by atoms with Gasteiger partial charge in [-0.05, 0) is 0 Å². The lowest BCUT2D eigenvalue weighted by atomic mass is 10.1. The topological polar surface area (TPSA) is 89.5 Å². The lowest BCUT2D eigenvalue weighted by Crippen LogP contribution is -2.29. The molecule has 2 rings (SSSR count). The maximum atomic E-state index is 11.7. The van der Waals surface area contributed by atoms with E-state index in [0.717, 1.165) is 12.2 Å². The standard InChI is InChI=1S/C28H31ClO8/c1-5-13-32-16-20(36-26(30)7-3)18-34-25-15-24(29)28(23-12-10-9-11-22(23)25)35-19-21(17-33-14-6-2)37-27(31)8-4/h5-12,15,20-21H,1-4,13-14,16-19H2. The Morgan fingerprint density at radius 3 is 1.81 bits per heavy atom. The lowest BCUT2D eigenvalue weighted by Gasteiger charge is -2.21. The highest BCUT2D eigenvalue weighted by Crippen LogP contribution is 2.39. The van der Waals surface area contributed by atoms with Crippen LogP contribution in [0.2, 0.25) is 5.02 Å².